The number of hydrogen-bond donors (Lipinski definition) is 4. The van der Waals surface area contributed by atoms with Crippen molar-refractivity contribution in [3.05, 3.63) is 24.3 Å². The average Bonchev–Trinajstić information content (AvgIpc) is 2.94. The molecule has 0 saturated heterocycles. The van der Waals surface area contributed by atoms with Crippen molar-refractivity contribution in [2.75, 3.05) is 18.8 Å². The number of aliphatic hydroxyl groups is 2. The van der Waals surface area contributed by atoms with Gasteiger partial charge in [-0.2, -0.15) is 0 Å². The van der Waals surface area contributed by atoms with Gasteiger partial charge in [-0.15, -0.1) is 0 Å². The second-order valence-corrected chi connectivity index (χ2v) is 7.01. The van der Waals surface area contributed by atoms with E-state index >= 15 is 0 Å². The highest BCUT2D eigenvalue weighted by Crippen LogP contribution is 2.23. The smallest absolute Gasteiger partial charge is 0.240 e. The van der Waals surface area contributed by atoms with Gasteiger partial charge in [0.1, 0.15) is 6.54 Å². The minimum Gasteiger partial charge on any atom is -0.392 e. The van der Waals surface area contributed by atoms with Crippen molar-refractivity contribution in [2.24, 2.45) is 0 Å². The van der Waals surface area contributed by atoms with E-state index in [0.29, 0.717) is 5.16 Å². The van der Waals surface area contributed by atoms with Crippen LogP contribution >= 0.6 is 11.8 Å². The summed E-state index contributed by atoms with van der Waals surface area (Å²) in [5, 5.41) is 24.3. The minimum absolute atomic E-state index is 0.0465. The highest BCUT2D eigenvalue weighted by molar-refractivity contribution is 7.99. The standard InChI is InChI=1S/C17H24N4O4S/c1-11(22)7-18-15(24)9-21-14-6-4-3-5-13(14)20-17(21)26-10-16(25)19-8-12(2)23/h3-6,11-12,22-23H,7-10H2,1-2H3,(H,18,24)(H,19,25)/t11-,12+/m0/s1. The number of rotatable bonds is 9. The molecule has 9 heteroatoms. The number of amides is 2. The molecule has 1 heterocycles. The molecule has 2 atom stereocenters. The molecule has 4 N–H and O–H groups in total. The van der Waals surface area contributed by atoms with E-state index in [-0.39, 0.29) is 37.2 Å². The van der Waals surface area contributed by atoms with Crippen molar-refractivity contribution in [1.29, 1.82) is 0 Å². The van der Waals surface area contributed by atoms with Crippen LogP contribution in [0.15, 0.2) is 29.4 Å². The van der Waals surface area contributed by atoms with Gasteiger partial charge in [0.15, 0.2) is 5.16 Å². The van der Waals surface area contributed by atoms with Gasteiger partial charge in [0.05, 0.1) is 29.0 Å². The Labute approximate surface area is 156 Å². The summed E-state index contributed by atoms with van der Waals surface area (Å²) in [7, 11) is 0. The molecule has 142 valence electrons. The Balaban J connectivity index is 2.10. The van der Waals surface area contributed by atoms with Crippen LogP contribution in [0, 0.1) is 0 Å². The van der Waals surface area contributed by atoms with Crippen LogP contribution in [0.3, 0.4) is 0 Å². The van der Waals surface area contributed by atoms with Crippen molar-refractivity contribution >= 4 is 34.6 Å². The van der Waals surface area contributed by atoms with Gasteiger partial charge in [0.2, 0.25) is 11.8 Å². The summed E-state index contributed by atoms with van der Waals surface area (Å²) >= 11 is 1.23. The Bertz CT molecular complexity index is 760. The van der Waals surface area contributed by atoms with Gasteiger partial charge in [-0.1, -0.05) is 23.9 Å². The van der Waals surface area contributed by atoms with Gasteiger partial charge < -0.3 is 25.4 Å². The second kappa shape index (κ2) is 9.56. The number of hydrogen-bond acceptors (Lipinski definition) is 6. The Morgan fingerprint density at radius 1 is 1.12 bits per heavy atom. The monoisotopic (exact) mass is 380 g/mol. The Morgan fingerprint density at radius 2 is 1.73 bits per heavy atom. The number of aromatic nitrogens is 2. The molecular formula is C17H24N4O4S. The lowest BCUT2D eigenvalue weighted by molar-refractivity contribution is -0.122. The van der Waals surface area contributed by atoms with Crippen LogP contribution < -0.4 is 10.6 Å². The highest BCUT2D eigenvalue weighted by atomic mass is 32.2. The van der Waals surface area contributed by atoms with Gasteiger partial charge in [0, 0.05) is 13.1 Å². The number of nitrogens with zero attached hydrogens (tertiary/aromatic N) is 2. The zero-order valence-corrected chi connectivity index (χ0v) is 15.6. The van der Waals surface area contributed by atoms with E-state index in [1.54, 1.807) is 18.4 Å². The van der Waals surface area contributed by atoms with Crippen LogP contribution in [0.1, 0.15) is 13.8 Å². The zero-order valence-electron chi connectivity index (χ0n) is 14.8. The lowest BCUT2D eigenvalue weighted by atomic mass is 10.3. The molecule has 1 aromatic carbocycles. The van der Waals surface area contributed by atoms with E-state index in [1.807, 2.05) is 24.3 Å². The van der Waals surface area contributed by atoms with Crippen LogP contribution in [0.4, 0.5) is 0 Å². The van der Waals surface area contributed by atoms with Crippen molar-refractivity contribution in [3.8, 4) is 0 Å². The molecule has 0 bridgehead atoms. The van der Waals surface area contributed by atoms with Gasteiger partial charge in [-0.05, 0) is 26.0 Å². The number of carbonyl (C=O) groups excluding carboxylic acids is 2. The fourth-order valence-corrected chi connectivity index (χ4v) is 3.06. The first kappa shape index (κ1) is 20.2. The maximum atomic E-state index is 12.1. The summed E-state index contributed by atoms with van der Waals surface area (Å²) in [6, 6.07) is 7.42. The number of benzene rings is 1. The third-order valence-corrected chi connectivity index (χ3v) is 4.42. The van der Waals surface area contributed by atoms with E-state index < -0.39 is 12.2 Å². The van der Waals surface area contributed by atoms with Gasteiger partial charge in [-0.3, -0.25) is 9.59 Å². The van der Waals surface area contributed by atoms with E-state index in [4.69, 9.17) is 0 Å². The molecule has 0 aliphatic rings. The van der Waals surface area contributed by atoms with Crippen molar-refractivity contribution in [1.82, 2.24) is 20.2 Å². The molecule has 0 unspecified atom stereocenters. The summed E-state index contributed by atoms with van der Waals surface area (Å²) in [6.07, 6.45) is -1.23. The highest BCUT2D eigenvalue weighted by Gasteiger charge is 2.15. The van der Waals surface area contributed by atoms with Crippen LogP contribution in [-0.2, 0) is 16.1 Å². The summed E-state index contributed by atoms with van der Waals surface area (Å²) < 4.78 is 1.75. The molecule has 0 saturated carbocycles. The van der Waals surface area contributed by atoms with E-state index in [0.717, 1.165) is 11.0 Å². The number of carbonyl (C=O) groups is 2. The predicted molar refractivity (Wildman–Crippen MR) is 99.8 cm³/mol. The summed E-state index contributed by atoms with van der Waals surface area (Å²) in [6.45, 7) is 3.61. The van der Waals surface area contributed by atoms with Crippen molar-refractivity contribution < 1.29 is 19.8 Å². The lowest BCUT2D eigenvalue weighted by Crippen LogP contribution is -2.33. The predicted octanol–water partition coefficient (Wildman–Crippen LogP) is 0.122. The van der Waals surface area contributed by atoms with Gasteiger partial charge in [0.25, 0.3) is 0 Å². The Hall–Kier alpha value is -2.10. The Morgan fingerprint density at radius 3 is 2.38 bits per heavy atom. The maximum absolute atomic E-state index is 12.1. The molecule has 0 fully saturated rings. The minimum atomic E-state index is -0.620. The fourth-order valence-electron chi connectivity index (χ4n) is 2.22. The molecule has 2 rings (SSSR count). The number of fused-ring (bicyclic) bond motifs is 1. The first-order chi connectivity index (χ1) is 12.4. The quantitative estimate of drug-likeness (QED) is 0.459. The van der Waals surface area contributed by atoms with Crippen LogP contribution in [-0.4, -0.2) is 62.6 Å². The molecular weight excluding hydrogens is 356 g/mol. The third kappa shape index (κ3) is 6.01. The van der Waals surface area contributed by atoms with E-state index in [1.165, 1.54) is 11.8 Å². The van der Waals surface area contributed by atoms with Crippen LogP contribution in [0.5, 0.6) is 0 Å². The zero-order chi connectivity index (χ0) is 19.1. The van der Waals surface area contributed by atoms with Crippen molar-refractivity contribution in [2.45, 2.75) is 37.8 Å². The van der Waals surface area contributed by atoms with Gasteiger partial charge >= 0.3 is 0 Å². The molecule has 0 spiro atoms. The number of nitrogens with one attached hydrogen (secondary N) is 2. The van der Waals surface area contributed by atoms with Crippen LogP contribution in [0.25, 0.3) is 11.0 Å². The molecule has 0 radical (unpaired) electrons. The number of imidazole rings is 1. The molecule has 0 aliphatic heterocycles. The summed E-state index contributed by atoms with van der Waals surface area (Å²) in [5.74, 6) is -0.326. The van der Waals surface area contributed by atoms with E-state index in [9.17, 15) is 19.8 Å². The summed E-state index contributed by atoms with van der Waals surface area (Å²) in [4.78, 5) is 28.5. The number of aliphatic hydroxyl groups excluding tert-OH is 2. The molecule has 0 aliphatic carbocycles. The van der Waals surface area contributed by atoms with Crippen LogP contribution in [0.2, 0.25) is 0 Å². The molecule has 1 aromatic heterocycles. The number of thioether (sulfide) groups is 1. The maximum Gasteiger partial charge on any atom is 0.240 e. The Kier molecular flexibility index (Phi) is 7.43. The molecule has 2 aromatic rings. The van der Waals surface area contributed by atoms with Crippen molar-refractivity contribution in [3.63, 3.8) is 0 Å². The average molecular weight is 380 g/mol. The SMILES string of the molecule is C[C@H](O)CNC(=O)Cn1c(SCC(=O)NC[C@@H](C)O)nc2ccccc21. The third-order valence-electron chi connectivity index (χ3n) is 3.44. The largest absolute Gasteiger partial charge is 0.392 e. The van der Waals surface area contributed by atoms with E-state index in [2.05, 4.69) is 15.6 Å². The lowest BCUT2D eigenvalue weighted by Gasteiger charge is -2.11. The number of para-hydroxylation sites is 2. The first-order valence-corrected chi connectivity index (χ1v) is 9.33. The topological polar surface area (TPSA) is 116 Å². The molecule has 2 amide bonds. The molecule has 8 nitrogen and oxygen atoms in total. The normalized spacial score (nSPS) is 13.4. The fraction of sp³-hybridized carbons (Fsp3) is 0.471. The summed E-state index contributed by atoms with van der Waals surface area (Å²) in [5.41, 5.74) is 1.54. The first-order valence-electron chi connectivity index (χ1n) is 8.34. The van der Waals surface area contributed by atoms with Gasteiger partial charge in [-0.25, -0.2) is 4.98 Å². The molecule has 26 heavy (non-hydrogen) atoms. The second-order valence-electron chi connectivity index (χ2n) is 6.06.